The Morgan fingerprint density at radius 1 is 1.17 bits per heavy atom. The topological polar surface area (TPSA) is 39.0 Å². The normalized spacial score (nSPS) is 10.9. The number of fused-ring (bicyclic) bond motifs is 1. The summed E-state index contributed by atoms with van der Waals surface area (Å²) < 4.78 is 3.36. The van der Waals surface area contributed by atoms with Crippen molar-refractivity contribution in [2.24, 2.45) is 14.1 Å². The summed E-state index contributed by atoms with van der Waals surface area (Å²) >= 11 is 0. The van der Waals surface area contributed by atoms with E-state index in [1.807, 2.05) is 13.1 Å². The van der Waals surface area contributed by atoms with Crippen LogP contribution >= 0.6 is 12.4 Å². The highest BCUT2D eigenvalue weighted by Gasteiger charge is 2.07. The van der Waals surface area contributed by atoms with Gasteiger partial charge in [0.1, 0.15) is 0 Å². The molecule has 0 bridgehead atoms. The first-order valence-electron chi connectivity index (χ1n) is 5.88. The van der Waals surface area contributed by atoms with E-state index in [1.165, 1.54) is 5.56 Å². The smallest absolute Gasteiger partial charge is 0.310 e. The zero-order chi connectivity index (χ0) is 12.6. The molecule has 0 amide bonds. The maximum atomic E-state index is 11.8. The van der Waals surface area contributed by atoms with Crippen molar-refractivity contribution in [2.75, 3.05) is 0 Å². The van der Waals surface area contributed by atoms with E-state index in [0.29, 0.717) is 6.04 Å². The second-order valence-corrected chi connectivity index (χ2v) is 4.76. The van der Waals surface area contributed by atoms with E-state index < -0.39 is 0 Å². The lowest BCUT2D eigenvalue weighted by atomic mass is 10.2. The molecule has 0 fully saturated rings. The molecular weight excluding hydrogens is 250 g/mol. The van der Waals surface area contributed by atoms with Crippen molar-refractivity contribution in [2.45, 2.75) is 26.4 Å². The lowest BCUT2D eigenvalue weighted by Crippen LogP contribution is -2.21. The Morgan fingerprint density at radius 2 is 1.78 bits per heavy atom. The van der Waals surface area contributed by atoms with Crippen molar-refractivity contribution in [3.63, 3.8) is 0 Å². The number of aromatic nitrogens is 2. The molecule has 0 spiro atoms. The summed E-state index contributed by atoms with van der Waals surface area (Å²) in [6.07, 6.45) is 0. The average Bonchev–Trinajstić information content (AvgIpc) is 2.52. The van der Waals surface area contributed by atoms with Crippen molar-refractivity contribution in [3.8, 4) is 0 Å². The molecule has 1 aromatic carbocycles. The fraction of sp³-hybridized carbons (Fsp3) is 0.462. The Kier molecular flexibility index (Phi) is 4.59. The number of nitrogens with one attached hydrogen (secondary N) is 1. The number of halogens is 1. The molecule has 1 aromatic heterocycles. The predicted molar refractivity (Wildman–Crippen MR) is 77.4 cm³/mol. The van der Waals surface area contributed by atoms with Gasteiger partial charge in [0.2, 0.25) is 0 Å². The second kappa shape index (κ2) is 5.59. The van der Waals surface area contributed by atoms with Gasteiger partial charge in [0.25, 0.3) is 0 Å². The van der Waals surface area contributed by atoms with Crippen molar-refractivity contribution in [1.29, 1.82) is 0 Å². The number of hydrogen-bond acceptors (Lipinski definition) is 2. The molecule has 5 heteroatoms. The number of rotatable bonds is 3. The molecule has 0 saturated carbocycles. The molecule has 0 aliphatic carbocycles. The SMILES string of the molecule is CC(C)NCc1ccc2c(c1)n(C)c(=O)n2C.Cl. The van der Waals surface area contributed by atoms with E-state index in [1.54, 1.807) is 16.2 Å². The summed E-state index contributed by atoms with van der Waals surface area (Å²) in [5, 5.41) is 3.37. The summed E-state index contributed by atoms with van der Waals surface area (Å²) in [5.74, 6) is 0. The highest BCUT2D eigenvalue weighted by atomic mass is 35.5. The molecule has 2 rings (SSSR count). The third-order valence-corrected chi connectivity index (χ3v) is 3.05. The van der Waals surface area contributed by atoms with Gasteiger partial charge in [-0.05, 0) is 17.7 Å². The fourth-order valence-corrected chi connectivity index (χ4v) is 1.98. The largest absolute Gasteiger partial charge is 0.328 e. The van der Waals surface area contributed by atoms with Gasteiger partial charge in [0.05, 0.1) is 11.0 Å². The first-order valence-corrected chi connectivity index (χ1v) is 5.88. The van der Waals surface area contributed by atoms with Gasteiger partial charge < -0.3 is 5.32 Å². The van der Waals surface area contributed by atoms with Gasteiger partial charge in [0, 0.05) is 26.7 Å². The molecule has 0 aliphatic heterocycles. The molecule has 2 aromatic rings. The first kappa shape index (κ1) is 14.8. The van der Waals surface area contributed by atoms with Gasteiger partial charge in [-0.15, -0.1) is 12.4 Å². The van der Waals surface area contributed by atoms with E-state index in [2.05, 4.69) is 31.3 Å². The van der Waals surface area contributed by atoms with Crippen molar-refractivity contribution >= 4 is 23.4 Å². The highest BCUT2D eigenvalue weighted by Crippen LogP contribution is 2.13. The second-order valence-electron chi connectivity index (χ2n) is 4.76. The molecule has 0 atom stereocenters. The van der Waals surface area contributed by atoms with E-state index in [9.17, 15) is 4.79 Å². The third kappa shape index (κ3) is 2.60. The van der Waals surface area contributed by atoms with Crippen LogP contribution in [-0.4, -0.2) is 15.2 Å². The van der Waals surface area contributed by atoms with Gasteiger partial charge in [-0.25, -0.2) is 4.79 Å². The molecule has 100 valence electrons. The molecule has 1 N–H and O–H groups in total. The van der Waals surface area contributed by atoms with Crippen molar-refractivity contribution < 1.29 is 0 Å². The Bertz CT molecular complexity index is 598. The molecule has 0 saturated heterocycles. The number of nitrogens with zero attached hydrogens (tertiary/aromatic N) is 2. The van der Waals surface area contributed by atoms with Crippen molar-refractivity contribution in [3.05, 3.63) is 34.2 Å². The van der Waals surface area contributed by atoms with Gasteiger partial charge >= 0.3 is 5.69 Å². The van der Waals surface area contributed by atoms with E-state index in [-0.39, 0.29) is 18.1 Å². The molecular formula is C13H20ClN3O. The molecule has 0 unspecified atom stereocenters. The predicted octanol–water partition coefficient (Wildman–Crippen LogP) is 1.80. The number of aryl methyl sites for hydroxylation is 2. The molecule has 4 nitrogen and oxygen atoms in total. The summed E-state index contributed by atoms with van der Waals surface area (Å²) in [6.45, 7) is 5.07. The minimum atomic E-state index is 0. The lowest BCUT2D eigenvalue weighted by molar-refractivity contribution is 0.589. The van der Waals surface area contributed by atoms with Gasteiger partial charge in [-0.2, -0.15) is 0 Å². The van der Waals surface area contributed by atoms with Crippen LogP contribution in [-0.2, 0) is 20.6 Å². The Balaban J connectivity index is 0.00000162. The third-order valence-electron chi connectivity index (χ3n) is 3.05. The quantitative estimate of drug-likeness (QED) is 0.923. The van der Waals surface area contributed by atoms with Crippen LogP contribution in [0.25, 0.3) is 11.0 Å². The van der Waals surface area contributed by atoms with Crippen molar-refractivity contribution in [1.82, 2.24) is 14.5 Å². The van der Waals surface area contributed by atoms with E-state index >= 15 is 0 Å². The molecule has 0 aliphatic rings. The number of hydrogen-bond donors (Lipinski definition) is 1. The number of benzene rings is 1. The van der Waals surface area contributed by atoms with Crippen LogP contribution in [0.3, 0.4) is 0 Å². The molecule has 1 heterocycles. The van der Waals surface area contributed by atoms with Crippen LogP contribution in [0.4, 0.5) is 0 Å². The van der Waals surface area contributed by atoms with Crippen LogP contribution in [0.15, 0.2) is 23.0 Å². The van der Waals surface area contributed by atoms with Crippen LogP contribution in [0, 0.1) is 0 Å². The zero-order valence-electron chi connectivity index (χ0n) is 11.2. The van der Waals surface area contributed by atoms with Crippen LogP contribution in [0.1, 0.15) is 19.4 Å². The van der Waals surface area contributed by atoms with Crippen LogP contribution < -0.4 is 11.0 Å². The maximum absolute atomic E-state index is 11.8. The first-order chi connectivity index (χ1) is 8.00. The zero-order valence-corrected chi connectivity index (χ0v) is 12.0. The number of imidazole rings is 1. The minimum Gasteiger partial charge on any atom is -0.310 e. The fourth-order valence-electron chi connectivity index (χ4n) is 1.98. The molecule has 18 heavy (non-hydrogen) atoms. The minimum absolute atomic E-state index is 0. The highest BCUT2D eigenvalue weighted by molar-refractivity contribution is 5.85. The Hall–Kier alpha value is -1.26. The van der Waals surface area contributed by atoms with Crippen LogP contribution in [0.2, 0.25) is 0 Å². The summed E-state index contributed by atoms with van der Waals surface area (Å²) in [5.41, 5.74) is 3.19. The average molecular weight is 270 g/mol. The Morgan fingerprint density at radius 3 is 2.39 bits per heavy atom. The Labute approximate surface area is 113 Å². The maximum Gasteiger partial charge on any atom is 0.328 e. The van der Waals surface area contributed by atoms with Gasteiger partial charge in [-0.3, -0.25) is 9.13 Å². The summed E-state index contributed by atoms with van der Waals surface area (Å²) in [4.78, 5) is 11.8. The van der Waals surface area contributed by atoms with Gasteiger partial charge in [-0.1, -0.05) is 19.9 Å². The molecule has 0 radical (unpaired) electrons. The van der Waals surface area contributed by atoms with Crippen LogP contribution in [0.5, 0.6) is 0 Å². The summed E-state index contributed by atoms with van der Waals surface area (Å²) in [6, 6.07) is 6.61. The van der Waals surface area contributed by atoms with E-state index in [0.717, 1.165) is 17.6 Å². The lowest BCUT2D eigenvalue weighted by Gasteiger charge is -2.08. The monoisotopic (exact) mass is 269 g/mol. The van der Waals surface area contributed by atoms with Gasteiger partial charge in [0.15, 0.2) is 0 Å². The standard InChI is InChI=1S/C13H19N3O.ClH/c1-9(2)14-8-10-5-6-11-12(7-10)16(4)13(17)15(11)3;/h5-7,9,14H,8H2,1-4H3;1H. The summed E-state index contributed by atoms with van der Waals surface area (Å²) in [7, 11) is 3.61. The van der Waals surface area contributed by atoms with E-state index in [4.69, 9.17) is 0 Å².